The summed E-state index contributed by atoms with van der Waals surface area (Å²) in [6.07, 6.45) is 0.525. The van der Waals surface area contributed by atoms with Crippen molar-refractivity contribution >= 4 is 22.5 Å². The normalized spacial score (nSPS) is 10.9. The minimum atomic E-state index is -0.602. The number of carbonyl (C=O) groups is 2. The fourth-order valence-corrected chi connectivity index (χ4v) is 2.64. The molecule has 0 aliphatic carbocycles. The molecule has 1 N–H and O–H groups in total. The number of phenols is 1. The lowest BCUT2D eigenvalue weighted by Gasteiger charge is -2.04. The van der Waals surface area contributed by atoms with Gasteiger partial charge in [0.1, 0.15) is 17.1 Å². The first-order valence-electron chi connectivity index (χ1n) is 7.42. The second kappa shape index (κ2) is 5.72. The quantitative estimate of drug-likeness (QED) is 0.582. The van der Waals surface area contributed by atoms with Gasteiger partial charge in [0, 0.05) is 17.4 Å². The molecule has 0 atom stereocenters. The minimum absolute atomic E-state index is 0.0945. The minimum Gasteiger partial charge on any atom is -0.508 e. The Balaban J connectivity index is 2.09. The lowest BCUT2D eigenvalue weighted by atomic mass is 9.97. The summed E-state index contributed by atoms with van der Waals surface area (Å²) < 4.78 is 5.69. The maximum absolute atomic E-state index is 12.7. The molecule has 23 heavy (non-hydrogen) atoms. The molecule has 0 fully saturated rings. The zero-order valence-corrected chi connectivity index (χ0v) is 12.9. The van der Waals surface area contributed by atoms with Crippen LogP contribution >= 0.6 is 0 Å². The number of fused-ring (bicyclic) bond motifs is 1. The molecule has 2 aromatic carbocycles. The van der Waals surface area contributed by atoms with Gasteiger partial charge in [0.25, 0.3) is 0 Å². The largest absolute Gasteiger partial charge is 0.508 e. The van der Waals surface area contributed by atoms with Gasteiger partial charge >= 0.3 is 0 Å². The highest BCUT2D eigenvalue weighted by molar-refractivity contribution is 6.51. The van der Waals surface area contributed by atoms with Crippen molar-refractivity contribution in [2.75, 3.05) is 0 Å². The average molecular weight is 308 g/mol. The molecule has 0 spiro atoms. The summed E-state index contributed by atoms with van der Waals surface area (Å²) in [5, 5.41) is 10.2. The average Bonchev–Trinajstić information content (AvgIpc) is 2.94. The van der Waals surface area contributed by atoms with Gasteiger partial charge in [-0.3, -0.25) is 9.59 Å². The summed E-state index contributed by atoms with van der Waals surface area (Å²) in [6.45, 7) is 3.56. The first-order chi connectivity index (χ1) is 11.0. The molecule has 0 bridgehead atoms. The Kier molecular flexibility index (Phi) is 3.74. The molecular formula is C19H16O4. The Labute approximate surface area is 133 Å². The van der Waals surface area contributed by atoms with E-state index < -0.39 is 11.6 Å². The summed E-state index contributed by atoms with van der Waals surface area (Å²) >= 11 is 0. The van der Waals surface area contributed by atoms with E-state index in [1.807, 2.05) is 19.1 Å². The highest BCUT2D eigenvalue weighted by atomic mass is 16.3. The third-order valence-electron chi connectivity index (χ3n) is 3.88. The van der Waals surface area contributed by atoms with Gasteiger partial charge in [-0.15, -0.1) is 0 Å². The predicted molar refractivity (Wildman–Crippen MR) is 87.1 cm³/mol. The van der Waals surface area contributed by atoms with Crippen LogP contribution in [0.2, 0.25) is 0 Å². The zero-order valence-electron chi connectivity index (χ0n) is 12.9. The number of ketones is 2. The summed E-state index contributed by atoms with van der Waals surface area (Å²) in [6, 6.07) is 11.6. The number of aromatic hydroxyl groups is 1. The second-order valence-corrected chi connectivity index (χ2v) is 5.41. The van der Waals surface area contributed by atoms with E-state index in [0.29, 0.717) is 34.3 Å². The number of hydrogen-bond acceptors (Lipinski definition) is 4. The smallest absolute Gasteiger partial charge is 0.237 e. The van der Waals surface area contributed by atoms with Crippen molar-refractivity contribution < 1.29 is 19.1 Å². The molecule has 116 valence electrons. The maximum Gasteiger partial charge on any atom is 0.237 e. The summed E-state index contributed by atoms with van der Waals surface area (Å²) in [7, 11) is 0. The van der Waals surface area contributed by atoms with Crippen LogP contribution in [0, 0.1) is 6.92 Å². The van der Waals surface area contributed by atoms with Crippen molar-refractivity contribution in [1.82, 2.24) is 0 Å². The molecule has 0 aliphatic heterocycles. The van der Waals surface area contributed by atoms with E-state index in [-0.39, 0.29) is 11.3 Å². The van der Waals surface area contributed by atoms with Gasteiger partial charge in [-0.25, -0.2) is 0 Å². The van der Waals surface area contributed by atoms with Gasteiger partial charge < -0.3 is 9.52 Å². The summed E-state index contributed by atoms with van der Waals surface area (Å²) in [5.74, 6) is -0.580. The van der Waals surface area contributed by atoms with Crippen LogP contribution in [0.25, 0.3) is 11.0 Å². The predicted octanol–water partition coefficient (Wildman–Crippen LogP) is 4.07. The topological polar surface area (TPSA) is 67.5 Å². The van der Waals surface area contributed by atoms with Crippen LogP contribution in [-0.2, 0) is 6.42 Å². The van der Waals surface area contributed by atoms with E-state index in [0.717, 1.165) is 0 Å². The molecule has 3 rings (SSSR count). The SMILES string of the molecule is CCc1oc2ccccc2c1C(=O)C(=O)c1ccc(O)c(C)c1. The Bertz CT molecular complexity index is 918. The van der Waals surface area contributed by atoms with E-state index >= 15 is 0 Å². The number of phenolic OH excluding ortho intramolecular Hbond substituents is 1. The van der Waals surface area contributed by atoms with Crippen molar-refractivity contribution in [2.24, 2.45) is 0 Å². The van der Waals surface area contributed by atoms with E-state index in [4.69, 9.17) is 4.42 Å². The molecule has 1 aromatic heterocycles. The van der Waals surface area contributed by atoms with Crippen molar-refractivity contribution in [2.45, 2.75) is 20.3 Å². The number of rotatable bonds is 4. The molecule has 0 aliphatic rings. The Morgan fingerprint density at radius 1 is 1.09 bits per heavy atom. The first-order valence-corrected chi connectivity index (χ1v) is 7.42. The number of Topliss-reactive ketones (excluding diaryl/α,β-unsaturated/α-hetero) is 2. The molecule has 4 heteroatoms. The molecule has 0 amide bonds. The van der Waals surface area contributed by atoms with Gasteiger partial charge in [0.15, 0.2) is 0 Å². The number of para-hydroxylation sites is 1. The number of hydrogen-bond donors (Lipinski definition) is 1. The molecule has 0 saturated heterocycles. The van der Waals surface area contributed by atoms with Gasteiger partial charge in [0.05, 0.1) is 5.56 Å². The number of furan rings is 1. The van der Waals surface area contributed by atoms with Crippen molar-refractivity contribution in [3.63, 3.8) is 0 Å². The molecule has 1 heterocycles. The van der Waals surface area contributed by atoms with E-state index in [1.54, 1.807) is 19.1 Å². The third kappa shape index (κ3) is 2.52. The van der Waals surface area contributed by atoms with Crippen LogP contribution in [0.3, 0.4) is 0 Å². The van der Waals surface area contributed by atoms with Gasteiger partial charge in [-0.1, -0.05) is 25.1 Å². The molecule has 4 nitrogen and oxygen atoms in total. The molecule has 0 saturated carbocycles. The summed E-state index contributed by atoms with van der Waals surface area (Å²) in [5.41, 5.74) is 1.75. The van der Waals surface area contributed by atoms with E-state index in [9.17, 15) is 14.7 Å². The highest BCUT2D eigenvalue weighted by Crippen LogP contribution is 2.28. The monoisotopic (exact) mass is 308 g/mol. The van der Waals surface area contributed by atoms with Crippen LogP contribution in [0.4, 0.5) is 0 Å². The Morgan fingerprint density at radius 2 is 1.83 bits per heavy atom. The van der Waals surface area contributed by atoms with Gasteiger partial charge in [-0.05, 0) is 36.8 Å². The molecule has 0 radical (unpaired) electrons. The standard InChI is InChI=1S/C19H16O4/c1-3-15-17(13-6-4-5-7-16(13)23-15)19(22)18(21)12-8-9-14(20)11(2)10-12/h4-10,20H,3H2,1-2H3. The Morgan fingerprint density at radius 3 is 2.52 bits per heavy atom. The fourth-order valence-electron chi connectivity index (χ4n) is 2.64. The van der Waals surface area contributed by atoms with Crippen molar-refractivity contribution in [3.8, 4) is 5.75 Å². The number of benzene rings is 2. The molecular weight excluding hydrogens is 292 g/mol. The first kappa shape index (κ1) is 15.0. The highest BCUT2D eigenvalue weighted by Gasteiger charge is 2.26. The number of aryl methyl sites for hydroxylation is 2. The fraction of sp³-hybridized carbons (Fsp3) is 0.158. The van der Waals surface area contributed by atoms with Crippen molar-refractivity contribution in [1.29, 1.82) is 0 Å². The van der Waals surface area contributed by atoms with Crippen LogP contribution in [-0.4, -0.2) is 16.7 Å². The lowest BCUT2D eigenvalue weighted by Crippen LogP contribution is -2.15. The van der Waals surface area contributed by atoms with E-state index in [2.05, 4.69) is 0 Å². The summed E-state index contributed by atoms with van der Waals surface area (Å²) in [4.78, 5) is 25.3. The van der Waals surface area contributed by atoms with Crippen molar-refractivity contribution in [3.05, 3.63) is 64.9 Å². The zero-order chi connectivity index (χ0) is 16.6. The molecule has 0 unspecified atom stereocenters. The lowest BCUT2D eigenvalue weighted by molar-refractivity contribution is 0.0816. The van der Waals surface area contributed by atoms with Crippen LogP contribution in [0.5, 0.6) is 5.75 Å². The second-order valence-electron chi connectivity index (χ2n) is 5.41. The number of carbonyl (C=O) groups excluding carboxylic acids is 2. The Hall–Kier alpha value is -2.88. The van der Waals surface area contributed by atoms with Gasteiger partial charge in [0.2, 0.25) is 11.6 Å². The van der Waals surface area contributed by atoms with Gasteiger partial charge in [-0.2, -0.15) is 0 Å². The third-order valence-corrected chi connectivity index (χ3v) is 3.88. The van der Waals surface area contributed by atoms with Crippen LogP contribution < -0.4 is 0 Å². The molecule has 3 aromatic rings. The van der Waals surface area contributed by atoms with Crippen LogP contribution in [0.15, 0.2) is 46.9 Å². The maximum atomic E-state index is 12.7. The van der Waals surface area contributed by atoms with Crippen LogP contribution in [0.1, 0.15) is 39.0 Å². The van der Waals surface area contributed by atoms with E-state index in [1.165, 1.54) is 18.2 Å².